The largest absolute Gasteiger partial charge is 0.503 e. The fourth-order valence-corrected chi connectivity index (χ4v) is 0.589. The monoisotopic (exact) mass is 252 g/mol. The van der Waals surface area contributed by atoms with Crippen molar-refractivity contribution >= 4 is 18.2 Å². The van der Waals surface area contributed by atoms with Gasteiger partial charge in [-0.25, -0.2) is 9.59 Å². The minimum atomic E-state index is -1.83. The molecule has 0 amide bonds. The first kappa shape index (κ1) is 17.8. The molecule has 0 atom stereocenters. The van der Waals surface area contributed by atoms with Crippen molar-refractivity contribution in [2.24, 2.45) is 0 Å². The standard InChI is InChI=1S/C8H8.C4H6O2.CH2O3/c1-2-8-6-4-3-5-7-8;1-3(2)4(5)6;2-1(3)4/h2-7H,1H2;1H2,2H3,(H,5,6);(H2,2,3,4). The van der Waals surface area contributed by atoms with Gasteiger partial charge in [0.2, 0.25) is 0 Å². The van der Waals surface area contributed by atoms with Crippen molar-refractivity contribution in [1.29, 1.82) is 0 Å². The highest BCUT2D eigenvalue weighted by atomic mass is 16.6. The van der Waals surface area contributed by atoms with E-state index in [0.717, 1.165) is 0 Å². The molecule has 5 heteroatoms. The van der Waals surface area contributed by atoms with E-state index in [4.69, 9.17) is 20.1 Å². The topological polar surface area (TPSA) is 94.8 Å². The smallest absolute Gasteiger partial charge is 0.478 e. The molecule has 0 aliphatic heterocycles. The zero-order valence-corrected chi connectivity index (χ0v) is 10.0. The molecule has 18 heavy (non-hydrogen) atoms. The van der Waals surface area contributed by atoms with Gasteiger partial charge in [-0.05, 0) is 12.5 Å². The number of rotatable bonds is 2. The van der Waals surface area contributed by atoms with Crippen LogP contribution < -0.4 is 0 Å². The Hall–Kier alpha value is -2.56. The van der Waals surface area contributed by atoms with E-state index in [-0.39, 0.29) is 5.57 Å². The van der Waals surface area contributed by atoms with E-state index in [2.05, 4.69) is 13.2 Å². The van der Waals surface area contributed by atoms with E-state index in [9.17, 15) is 4.79 Å². The molecule has 0 radical (unpaired) electrons. The van der Waals surface area contributed by atoms with Gasteiger partial charge < -0.3 is 15.3 Å². The van der Waals surface area contributed by atoms with Crippen LogP contribution in [-0.2, 0) is 4.79 Å². The summed E-state index contributed by atoms with van der Waals surface area (Å²) < 4.78 is 0. The summed E-state index contributed by atoms with van der Waals surface area (Å²) in [5.74, 6) is -0.935. The normalized spacial score (nSPS) is 7.61. The highest BCUT2D eigenvalue weighted by molar-refractivity contribution is 5.84. The lowest BCUT2D eigenvalue weighted by Gasteiger charge is -1.85. The van der Waals surface area contributed by atoms with Gasteiger partial charge in [0, 0.05) is 5.57 Å². The summed E-state index contributed by atoms with van der Waals surface area (Å²) in [7, 11) is 0. The van der Waals surface area contributed by atoms with Gasteiger partial charge in [0.15, 0.2) is 0 Å². The Balaban J connectivity index is 0. The van der Waals surface area contributed by atoms with Gasteiger partial charge in [0.25, 0.3) is 0 Å². The van der Waals surface area contributed by atoms with Crippen molar-refractivity contribution in [3.63, 3.8) is 0 Å². The third-order valence-electron chi connectivity index (χ3n) is 1.40. The van der Waals surface area contributed by atoms with Crippen LogP contribution in [0.25, 0.3) is 6.08 Å². The maximum Gasteiger partial charge on any atom is 0.503 e. The Morgan fingerprint density at radius 3 is 1.61 bits per heavy atom. The van der Waals surface area contributed by atoms with Crippen molar-refractivity contribution in [1.82, 2.24) is 0 Å². The Kier molecular flexibility index (Phi) is 10.8. The molecule has 1 aromatic rings. The fourth-order valence-electron chi connectivity index (χ4n) is 0.589. The van der Waals surface area contributed by atoms with E-state index in [0.29, 0.717) is 0 Å². The molecule has 0 unspecified atom stereocenters. The summed E-state index contributed by atoms with van der Waals surface area (Å²) in [6.45, 7) is 8.23. The summed E-state index contributed by atoms with van der Waals surface area (Å²) in [6.07, 6.45) is 0. The highest BCUT2D eigenvalue weighted by Crippen LogP contribution is 1.97. The molecule has 0 fully saturated rings. The van der Waals surface area contributed by atoms with Gasteiger partial charge in [0.1, 0.15) is 0 Å². The number of carboxylic acids is 1. The number of carbonyl (C=O) groups is 2. The Bertz CT molecular complexity index is 379. The lowest BCUT2D eigenvalue weighted by Crippen LogP contribution is -1.92. The van der Waals surface area contributed by atoms with E-state index in [1.54, 1.807) is 0 Å². The second kappa shape index (κ2) is 10.9. The molecule has 5 nitrogen and oxygen atoms in total. The van der Waals surface area contributed by atoms with E-state index in [1.807, 2.05) is 36.4 Å². The molecule has 0 aromatic heterocycles. The summed E-state index contributed by atoms with van der Waals surface area (Å²) in [6, 6.07) is 10.0. The van der Waals surface area contributed by atoms with Crippen molar-refractivity contribution in [3.05, 3.63) is 54.6 Å². The number of carboxylic acid groups (broad SMARTS) is 3. The average molecular weight is 252 g/mol. The number of aliphatic carboxylic acids is 1. The Morgan fingerprint density at radius 1 is 1.11 bits per heavy atom. The summed E-state index contributed by atoms with van der Waals surface area (Å²) >= 11 is 0. The third-order valence-corrected chi connectivity index (χ3v) is 1.40. The molecule has 1 aromatic carbocycles. The first-order valence-corrected chi connectivity index (χ1v) is 4.79. The van der Waals surface area contributed by atoms with E-state index >= 15 is 0 Å². The van der Waals surface area contributed by atoms with Crippen LogP contribution >= 0.6 is 0 Å². The minimum absolute atomic E-state index is 0.176. The molecular formula is C13H16O5. The van der Waals surface area contributed by atoms with Crippen LogP contribution in [0, 0.1) is 0 Å². The minimum Gasteiger partial charge on any atom is -0.478 e. The zero-order chi connectivity index (χ0) is 14.6. The van der Waals surface area contributed by atoms with Crippen molar-refractivity contribution in [2.45, 2.75) is 6.92 Å². The van der Waals surface area contributed by atoms with Crippen LogP contribution in [0.1, 0.15) is 12.5 Å². The fraction of sp³-hybridized carbons (Fsp3) is 0.0769. The van der Waals surface area contributed by atoms with Gasteiger partial charge in [-0.3, -0.25) is 0 Å². The molecule has 1 rings (SSSR count). The number of benzene rings is 1. The Labute approximate surface area is 105 Å². The second-order valence-corrected chi connectivity index (χ2v) is 2.98. The van der Waals surface area contributed by atoms with E-state index < -0.39 is 12.1 Å². The van der Waals surface area contributed by atoms with Crippen LogP contribution in [0.4, 0.5) is 4.79 Å². The van der Waals surface area contributed by atoms with Crippen LogP contribution in [0.2, 0.25) is 0 Å². The van der Waals surface area contributed by atoms with Crippen molar-refractivity contribution in [3.8, 4) is 0 Å². The SMILES string of the molecule is C=C(C)C(=O)O.C=Cc1ccccc1.O=C(O)O. The van der Waals surface area contributed by atoms with Gasteiger partial charge in [-0.2, -0.15) is 0 Å². The van der Waals surface area contributed by atoms with Crippen molar-refractivity contribution < 1.29 is 24.9 Å². The summed E-state index contributed by atoms with van der Waals surface area (Å²) in [5, 5.41) is 21.8. The van der Waals surface area contributed by atoms with Crippen LogP contribution in [-0.4, -0.2) is 27.4 Å². The molecule has 0 saturated heterocycles. The van der Waals surface area contributed by atoms with Crippen LogP contribution in [0.5, 0.6) is 0 Å². The highest BCUT2D eigenvalue weighted by Gasteiger charge is 1.90. The molecule has 0 saturated carbocycles. The predicted molar refractivity (Wildman–Crippen MR) is 69.6 cm³/mol. The second-order valence-electron chi connectivity index (χ2n) is 2.98. The molecule has 0 aliphatic rings. The lowest BCUT2D eigenvalue weighted by atomic mass is 10.2. The predicted octanol–water partition coefficient (Wildman–Crippen LogP) is 3.20. The average Bonchev–Trinajstić information content (AvgIpc) is 2.30. The molecule has 0 aliphatic carbocycles. The lowest BCUT2D eigenvalue weighted by molar-refractivity contribution is -0.132. The van der Waals surface area contributed by atoms with Gasteiger partial charge in [-0.15, -0.1) is 0 Å². The first-order valence-electron chi connectivity index (χ1n) is 4.79. The van der Waals surface area contributed by atoms with Crippen molar-refractivity contribution in [2.75, 3.05) is 0 Å². The number of hydrogen-bond acceptors (Lipinski definition) is 2. The van der Waals surface area contributed by atoms with Gasteiger partial charge >= 0.3 is 12.1 Å². The van der Waals surface area contributed by atoms with Crippen LogP contribution in [0.3, 0.4) is 0 Å². The molecule has 0 spiro atoms. The summed E-state index contributed by atoms with van der Waals surface area (Å²) in [4.78, 5) is 18.2. The van der Waals surface area contributed by atoms with Gasteiger partial charge in [-0.1, -0.05) is 49.6 Å². The molecule has 98 valence electrons. The van der Waals surface area contributed by atoms with Gasteiger partial charge in [0.05, 0.1) is 0 Å². The quantitative estimate of drug-likeness (QED) is 0.702. The first-order chi connectivity index (χ1) is 8.31. The maximum absolute atomic E-state index is 9.60. The summed E-state index contributed by atoms with van der Waals surface area (Å²) in [5.41, 5.74) is 1.35. The maximum atomic E-state index is 9.60. The molecule has 0 bridgehead atoms. The van der Waals surface area contributed by atoms with Crippen LogP contribution in [0.15, 0.2) is 49.1 Å². The van der Waals surface area contributed by atoms with E-state index in [1.165, 1.54) is 12.5 Å². The molecule has 3 N–H and O–H groups in total. The Morgan fingerprint density at radius 2 is 1.44 bits per heavy atom. The number of hydrogen-bond donors (Lipinski definition) is 3. The molecule has 0 heterocycles. The third kappa shape index (κ3) is 15.9. The zero-order valence-electron chi connectivity index (χ0n) is 10.0. The molecular weight excluding hydrogens is 236 g/mol.